The maximum absolute atomic E-state index is 13.4. The minimum Gasteiger partial charge on any atom is -0.395 e. The molecule has 0 aliphatic rings. The van der Waals surface area contributed by atoms with E-state index < -0.39 is 11.7 Å². The molecule has 0 atom stereocenters. The van der Waals surface area contributed by atoms with Gasteiger partial charge in [0.05, 0.1) is 6.61 Å². The Bertz CT molecular complexity index is 1040. The highest BCUT2D eigenvalue weighted by atomic mass is 19.1. The van der Waals surface area contributed by atoms with Crippen LogP contribution in [-0.4, -0.2) is 33.6 Å². The smallest absolute Gasteiger partial charge is 0.271 e. The number of halogens is 1. The highest BCUT2D eigenvalue weighted by Gasteiger charge is 2.20. The zero-order valence-electron chi connectivity index (χ0n) is 15.7. The molecule has 0 aliphatic carbocycles. The molecule has 148 valence electrons. The summed E-state index contributed by atoms with van der Waals surface area (Å²) in [6.45, 7) is 0.171. The summed E-state index contributed by atoms with van der Waals surface area (Å²) in [6, 6.07) is 19.6. The van der Waals surface area contributed by atoms with Crippen molar-refractivity contribution in [3.63, 3.8) is 0 Å². The lowest BCUT2D eigenvalue weighted by Gasteiger charge is -2.24. The van der Waals surface area contributed by atoms with E-state index in [1.807, 2.05) is 30.3 Å². The van der Waals surface area contributed by atoms with E-state index in [4.69, 9.17) is 0 Å². The predicted molar refractivity (Wildman–Crippen MR) is 110 cm³/mol. The fourth-order valence-corrected chi connectivity index (χ4v) is 2.92. The molecule has 1 amide bonds. The van der Waals surface area contributed by atoms with Crippen LogP contribution in [0.1, 0.15) is 11.1 Å². The van der Waals surface area contributed by atoms with Crippen molar-refractivity contribution in [2.24, 2.45) is 0 Å². The lowest BCUT2D eigenvalue weighted by Crippen LogP contribution is -2.36. The first kappa shape index (κ1) is 20.2. The summed E-state index contributed by atoms with van der Waals surface area (Å²) in [5.74, 6) is -0.807. The van der Waals surface area contributed by atoms with Gasteiger partial charge < -0.3 is 10.0 Å². The van der Waals surface area contributed by atoms with Crippen molar-refractivity contribution < 1.29 is 14.3 Å². The Hall–Kier alpha value is -3.51. The number of hydrogen-bond acceptors (Lipinski definition) is 3. The molecule has 1 heterocycles. The highest BCUT2D eigenvalue weighted by Crippen LogP contribution is 2.16. The quantitative estimate of drug-likeness (QED) is 0.629. The molecule has 0 spiro atoms. The number of carbonyl (C=O) groups is 1. The van der Waals surface area contributed by atoms with Crippen molar-refractivity contribution in [2.45, 2.75) is 6.54 Å². The van der Waals surface area contributed by atoms with Crippen molar-refractivity contribution in [3.8, 4) is 0 Å². The molecule has 3 rings (SSSR count). The van der Waals surface area contributed by atoms with Crippen molar-refractivity contribution in [3.05, 3.63) is 106 Å². The predicted octanol–water partition coefficient (Wildman–Crippen LogP) is 3.01. The Labute approximate surface area is 168 Å². The maximum atomic E-state index is 13.4. The molecule has 1 aromatic heterocycles. The summed E-state index contributed by atoms with van der Waals surface area (Å²) in [5, 5.41) is 9.47. The van der Waals surface area contributed by atoms with Crippen LogP contribution in [0.5, 0.6) is 0 Å². The van der Waals surface area contributed by atoms with Gasteiger partial charge in [-0.1, -0.05) is 48.5 Å². The van der Waals surface area contributed by atoms with Gasteiger partial charge in [0.2, 0.25) is 0 Å². The molecule has 0 saturated heterocycles. The van der Waals surface area contributed by atoms with Crippen molar-refractivity contribution in [2.75, 3.05) is 13.2 Å². The van der Waals surface area contributed by atoms with E-state index in [-0.39, 0.29) is 31.0 Å². The largest absolute Gasteiger partial charge is 0.395 e. The molecule has 6 heteroatoms. The molecule has 0 radical (unpaired) electrons. The van der Waals surface area contributed by atoms with Gasteiger partial charge in [0, 0.05) is 25.4 Å². The molecule has 0 aliphatic heterocycles. The van der Waals surface area contributed by atoms with Crippen LogP contribution in [0.2, 0.25) is 0 Å². The van der Waals surface area contributed by atoms with E-state index in [2.05, 4.69) is 0 Å². The van der Waals surface area contributed by atoms with Gasteiger partial charge in [-0.15, -0.1) is 0 Å². The second-order valence-electron chi connectivity index (χ2n) is 6.43. The monoisotopic (exact) mass is 392 g/mol. The number of amides is 1. The third kappa shape index (κ3) is 5.27. The maximum Gasteiger partial charge on any atom is 0.271 e. The Morgan fingerprint density at radius 1 is 1.00 bits per heavy atom. The molecule has 2 aromatic carbocycles. The number of nitrogens with zero attached hydrogens (tertiary/aromatic N) is 2. The number of carbonyl (C=O) groups excluding carboxylic acids is 1. The molecule has 1 N–H and O–H groups in total. The number of hydrogen-bond donors (Lipinski definition) is 1. The average Bonchev–Trinajstić information content (AvgIpc) is 2.74. The normalized spacial score (nSPS) is 11.3. The van der Waals surface area contributed by atoms with Crippen LogP contribution in [0, 0.1) is 5.82 Å². The lowest BCUT2D eigenvalue weighted by atomic mass is 10.1. The van der Waals surface area contributed by atoms with E-state index in [0.29, 0.717) is 5.56 Å². The number of benzene rings is 2. The first-order chi connectivity index (χ1) is 14.1. The van der Waals surface area contributed by atoms with Gasteiger partial charge in [-0.25, -0.2) is 4.39 Å². The third-order valence-corrected chi connectivity index (χ3v) is 4.35. The minimum atomic E-state index is -0.416. The zero-order valence-corrected chi connectivity index (χ0v) is 15.7. The number of aromatic nitrogens is 1. The third-order valence-electron chi connectivity index (χ3n) is 4.35. The van der Waals surface area contributed by atoms with Crippen LogP contribution in [0.25, 0.3) is 11.8 Å². The summed E-state index contributed by atoms with van der Waals surface area (Å²) in [4.78, 5) is 27.2. The standard InChI is InChI=1S/C23H21FN2O3/c24-20-11-9-18(10-12-20)16-21(26-13-5-4-8-22(26)28)23(29)25(14-15-27)17-19-6-2-1-3-7-19/h1-13,16,27H,14-15,17H2/b21-16+. The fourth-order valence-electron chi connectivity index (χ4n) is 2.92. The summed E-state index contributed by atoms with van der Waals surface area (Å²) in [6.07, 6.45) is 3.05. The Balaban J connectivity index is 2.03. The first-order valence-electron chi connectivity index (χ1n) is 9.18. The molecular formula is C23H21FN2O3. The van der Waals surface area contributed by atoms with Crippen molar-refractivity contribution >= 4 is 17.7 Å². The second kappa shape index (κ2) is 9.61. The van der Waals surface area contributed by atoms with Crippen molar-refractivity contribution in [1.82, 2.24) is 9.47 Å². The molecule has 0 unspecified atom stereocenters. The molecule has 0 fully saturated rings. The molecule has 0 bridgehead atoms. The second-order valence-corrected chi connectivity index (χ2v) is 6.43. The van der Waals surface area contributed by atoms with Gasteiger partial charge in [-0.2, -0.15) is 0 Å². The first-order valence-corrected chi connectivity index (χ1v) is 9.18. The average molecular weight is 392 g/mol. The minimum absolute atomic E-state index is 0.107. The van der Waals surface area contributed by atoms with E-state index in [1.54, 1.807) is 18.2 Å². The Morgan fingerprint density at radius 3 is 2.34 bits per heavy atom. The summed E-state index contributed by atoms with van der Waals surface area (Å²) in [7, 11) is 0. The number of rotatable bonds is 7. The molecule has 5 nitrogen and oxygen atoms in total. The lowest BCUT2D eigenvalue weighted by molar-refractivity contribution is -0.126. The van der Waals surface area contributed by atoms with Gasteiger partial charge in [0.15, 0.2) is 0 Å². The Kier molecular flexibility index (Phi) is 6.71. The number of aliphatic hydroxyl groups excluding tert-OH is 1. The molecule has 3 aromatic rings. The summed E-state index contributed by atoms with van der Waals surface area (Å²) >= 11 is 0. The SMILES string of the molecule is O=C(/C(=C\c1ccc(F)cc1)n1ccccc1=O)N(CCO)Cc1ccccc1. The van der Waals surface area contributed by atoms with Crippen LogP contribution in [0.4, 0.5) is 4.39 Å². The van der Waals surface area contributed by atoms with Gasteiger partial charge >= 0.3 is 0 Å². The van der Waals surface area contributed by atoms with E-state index >= 15 is 0 Å². The number of aliphatic hydroxyl groups is 1. The van der Waals surface area contributed by atoms with Crippen LogP contribution in [-0.2, 0) is 11.3 Å². The van der Waals surface area contributed by atoms with Crippen LogP contribution < -0.4 is 5.56 Å². The van der Waals surface area contributed by atoms with Crippen LogP contribution in [0.15, 0.2) is 83.8 Å². The zero-order chi connectivity index (χ0) is 20.6. The number of pyridine rings is 1. The van der Waals surface area contributed by atoms with E-state index in [9.17, 15) is 19.1 Å². The van der Waals surface area contributed by atoms with Gasteiger partial charge in [0.25, 0.3) is 11.5 Å². The highest BCUT2D eigenvalue weighted by molar-refractivity contribution is 6.18. The van der Waals surface area contributed by atoms with Crippen molar-refractivity contribution in [1.29, 1.82) is 0 Å². The summed E-state index contributed by atoms with van der Waals surface area (Å²) in [5.41, 5.74) is 1.23. The van der Waals surface area contributed by atoms with Crippen LogP contribution in [0.3, 0.4) is 0 Å². The van der Waals surface area contributed by atoms with Gasteiger partial charge in [-0.05, 0) is 35.4 Å². The molecule has 0 saturated carbocycles. The molecule has 29 heavy (non-hydrogen) atoms. The van der Waals surface area contributed by atoms with E-state index in [0.717, 1.165) is 5.56 Å². The van der Waals surface area contributed by atoms with E-state index in [1.165, 1.54) is 46.0 Å². The topological polar surface area (TPSA) is 62.5 Å². The summed E-state index contributed by atoms with van der Waals surface area (Å²) < 4.78 is 14.5. The van der Waals surface area contributed by atoms with Gasteiger partial charge in [-0.3, -0.25) is 14.2 Å². The molecular weight excluding hydrogens is 371 g/mol. The van der Waals surface area contributed by atoms with Crippen LogP contribution >= 0.6 is 0 Å². The fraction of sp³-hybridized carbons (Fsp3) is 0.130. The Morgan fingerprint density at radius 2 is 1.69 bits per heavy atom. The van der Waals surface area contributed by atoms with Gasteiger partial charge in [0.1, 0.15) is 11.5 Å².